The molecule has 10 heteroatoms. The minimum Gasteiger partial charge on any atom is -0.484 e. The second-order valence-electron chi connectivity index (χ2n) is 6.86. The average molecular weight is 425 g/mol. The van der Waals surface area contributed by atoms with Gasteiger partial charge in [-0.2, -0.15) is 13.2 Å². The van der Waals surface area contributed by atoms with Crippen LogP contribution in [0.2, 0.25) is 0 Å². The molecule has 2 N–H and O–H groups in total. The Bertz CT molecular complexity index is 857. The van der Waals surface area contributed by atoms with E-state index in [4.69, 9.17) is 4.74 Å². The molecule has 0 radical (unpaired) electrons. The first kappa shape index (κ1) is 21.7. The van der Waals surface area contributed by atoms with Gasteiger partial charge >= 0.3 is 6.18 Å². The van der Waals surface area contributed by atoms with Crippen LogP contribution in [0.1, 0.15) is 12.0 Å². The van der Waals surface area contributed by atoms with Gasteiger partial charge in [-0.15, -0.1) is 0 Å². The molecular weight excluding hydrogens is 402 g/mol. The third-order valence-corrected chi connectivity index (χ3v) is 4.58. The van der Waals surface area contributed by atoms with Gasteiger partial charge in [0, 0.05) is 38.9 Å². The Hall–Kier alpha value is -3.04. The summed E-state index contributed by atoms with van der Waals surface area (Å²) in [5.74, 6) is 0.744. The highest BCUT2D eigenvalue weighted by Gasteiger charge is 2.28. The third-order valence-electron chi connectivity index (χ3n) is 4.58. The van der Waals surface area contributed by atoms with E-state index in [1.807, 2.05) is 4.90 Å². The zero-order valence-corrected chi connectivity index (χ0v) is 16.4. The molecule has 2 heterocycles. The maximum Gasteiger partial charge on any atom is 0.422 e. The van der Waals surface area contributed by atoms with E-state index in [2.05, 4.69) is 20.6 Å². The first-order valence-electron chi connectivity index (χ1n) is 9.45. The van der Waals surface area contributed by atoms with Crippen molar-refractivity contribution in [3.8, 4) is 5.75 Å². The van der Waals surface area contributed by atoms with Crippen molar-refractivity contribution in [2.45, 2.75) is 25.2 Å². The Morgan fingerprint density at radius 3 is 2.70 bits per heavy atom. The Morgan fingerprint density at radius 1 is 1.27 bits per heavy atom. The number of ether oxygens (including phenoxy) is 1. The molecule has 162 valence electrons. The number of aliphatic imine (C=N–C) groups is 1. The van der Waals surface area contributed by atoms with Crippen LogP contribution in [0.3, 0.4) is 0 Å². The molecule has 0 saturated carbocycles. The summed E-state index contributed by atoms with van der Waals surface area (Å²) >= 11 is 0. The predicted molar refractivity (Wildman–Crippen MR) is 106 cm³/mol. The summed E-state index contributed by atoms with van der Waals surface area (Å²) in [4.78, 5) is 10.2. The van der Waals surface area contributed by atoms with Crippen LogP contribution >= 0.6 is 0 Å². The van der Waals surface area contributed by atoms with E-state index in [1.54, 1.807) is 31.4 Å². The van der Waals surface area contributed by atoms with Gasteiger partial charge in [-0.05, 0) is 36.2 Å². The van der Waals surface area contributed by atoms with E-state index < -0.39 is 12.8 Å². The van der Waals surface area contributed by atoms with Gasteiger partial charge in [0.25, 0.3) is 0 Å². The zero-order chi connectivity index (χ0) is 21.6. The van der Waals surface area contributed by atoms with E-state index >= 15 is 0 Å². The highest BCUT2D eigenvalue weighted by atomic mass is 19.4. The quantitative estimate of drug-likeness (QED) is 0.423. The lowest BCUT2D eigenvalue weighted by atomic mass is 10.2. The van der Waals surface area contributed by atoms with Crippen LogP contribution in [0.25, 0.3) is 0 Å². The molecule has 30 heavy (non-hydrogen) atoms. The molecule has 0 bridgehead atoms. The number of hydrogen-bond acceptors (Lipinski definition) is 4. The van der Waals surface area contributed by atoms with E-state index in [0.717, 1.165) is 12.0 Å². The summed E-state index contributed by atoms with van der Waals surface area (Å²) < 4.78 is 55.2. The molecule has 0 spiro atoms. The number of aromatic nitrogens is 1. The van der Waals surface area contributed by atoms with Gasteiger partial charge in [0.2, 0.25) is 0 Å². The molecule has 1 atom stereocenters. The van der Waals surface area contributed by atoms with Crippen molar-refractivity contribution in [2.24, 2.45) is 4.99 Å². The number of rotatable bonds is 6. The van der Waals surface area contributed by atoms with Crippen LogP contribution in [-0.2, 0) is 6.54 Å². The highest BCUT2D eigenvalue weighted by Crippen LogP contribution is 2.21. The van der Waals surface area contributed by atoms with Crippen molar-refractivity contribution in [1.82, 2.24) is 15.6 Å². The standard InChI is InChI=1S/C20H23F4N5O/c1-25-19(27-11-14-4-6-16(7-5-14)30-13-20(22,23)24)28-15-8-10-29(12-15)18-17(21)3-2-9-26-18/h2-7,9,15H,8,10-13H2,1H3,(H2,25,27,28). The molecule has 1 aromatic heterocycles. The fourth-order valence-electron chi connectivity index (χ4n) is 3.12. The maximum atomic E-state index is 13.9. The molecule has 2 aromatic rings. The van der Waals surface area contributed by atoms with Gasteiger partial charge < -0.3 is 20.3 Å². The number of hydrogen-bond donors (Lipinski definition) is 2. The van der Waals surface area contributed by atoms with Gasteiger partial charge in [0.15, 0.2) is 24.2 Å². The third kappa shape index (κ3) is 6.23. The number of halogens is 4. The monoisotopic (exact) mass is 425 g/mol. The largest absolute Gasteiger partial charge is 0.484 e. The van der Waals surface area contributed by atoms with Crippen LogP contribution in [0.4, 0.5) is 23.4 Å². The molecular formula is C20H23F4N5O. The van der Waals surface area contributed by atoms with Gasteiger partial charge in [-0.1, -0.05) is 12.1 Å². The molecule has 1 aromatic carbocycles. The number of anilines is 1. The number of alkyl halides is 3. The summed E-state index contributed by atoms with van der Waals surface area (Å²) in [6, 6.07) is 9.40. The smallest absolute Gasteiger partial charge is 0.422 e. The van der Waals surface area contributed by atoms with Gasteiger partial charge in [-0.3, -0.25) is 4.99 Å². The number of nitrogens with zero attached hydrogens (tertiary/aromatic N) is 3. The SMILES string of the molecule is CN=C(NCc1ccc(OCC(F)(F)F)cc1)NC1CCN(c2ncccc2F)C1. The van der Waals surface area contributed by atoms with Crippen molar-refractivity contribution < 1.29 is 22.3 Å². The molecule has 3 rings (SSSR count). The van der Waals surface area contributed by atoms with Crippen LogP contribution in [-0.4, -0.2) is 49.9 Å². The molecule has 0 amide bonds. The molecule has 1 aliphatic rings. The summed E-state index contributed by atoms with van der Waals surface area (Å²) in [6.07, 6.45) is -1.99. The van der Waals surface area contributed by atoms with Crippen molar-refractivity contribution in [3.63, 3.8) is 0 Å². The number of nitrogens with one attached hydrogen (secondary N) is 2. The lowest BCUT2D eigenvalue weighted by Gasteiger charge is -2.20. The molecule has 1 fully saturated rings. The number of benzene rings is 1. The highest BCUT2D eigenvalue weighted by molar-refractivity contribution is 5.80. The van der Waals surface area contributed by atoms with Crippen molar-refractivity contribution in [1.29, 1.82) is 0 Å². The first-order chi connectivity index (χ1) is 14.3. The Balaban J connectivity index is 1.47. The van der Waals surface area contributed by atoms with E-state index in [1.165, 1.54) is 18.2 Å². The van der Waals surface area contributed by atoms with Gasteiger partial charge in [0.05, 0.1) is 0 Å². The van der Waals surface area contributed by atoms with Crippen molar-refractivity contribution >= 4 is 11.8 Å². The molecule has 1 unspecified atom stereocenters. The Labute approximate surface area is 172 Å². The minimum absolute atomic E-state index is 0.0794. The summed E-state index contributed by atoms with van der Waals surface area (Å²) in [5.41, 5.74) is 0.862. The molecule has 1 saturated heterocycles. The van der Waals surface area contributed by atoms with Crippen LogP contribution in [0, 0.1) is 5.82 Å². The summed E-state index contributed by atoms with van der Waals surface area (Å²) in [6.45, 7) is 0.397. The minimum atomic E-state index is -4.36. The zero-order valence-electron chi connectivity index (χ0n) is 16.4. The van der Waals surface area contributed by atoms with E-state index in [0.29, 0.717) is 31.4 Å². The molecule has 6 nitrogen and oxygen atoms in total. The maximum absolute atomic E-state index is 13.9. The predicted octanol–water partition coefficient (Wildman–Crippen LogP) is 3.11. The van der Waals surface area contributed by atoms with Crippen LogP contribution in [0.15, 0.2) is 47.6 Å². The summed E-state index contributed by atoms with van der Waals surface area (Å²) in [5, 5.41) is 6.46. The normalized spacial score (nSPS) is 17.2. The van der Waals surface area contributed by atoms with Crippen molar-refractivity contribution in [3.05, 3.63) is 54.0 Å². The number of guanidine groups is 1. The van der Waals surface area contributed by atoms with Crippen molar-refractivity contribution in [2.75, 3.05) is 31.6 Å². The first-order valence-corrected chi connectivity index (χ1v) is 9.45. The number of pyridine rings is 1. The van der Waals surface area contributed by atoms with E-state index in [9.17, 15) is 17.6 Å². The Morgan fingerprint density at radius 2 is 2.03 bits per heavy atom. The fourth-order valence-corrected chi connectivity index (χ4v) is 3.12. The van der Waals surface area contributed by atoms with Crippen LogP contribution < -0.4 is 20.3 Å². The van der Waals surface area contributed by atoms with E-state index in [-0.39, 0.29) is 17.6 Å². The fraction of sp³-hybridized carbons (Fsp3) is 0.400. The molecule has 0 aliphatic carbocycles. The molecule has 1 aliphatic heterocycles. The van der Waals surface area contributed by atoms with Gasteiger partial charge in [0.1, 0.15) is 5.75 Å². The lowest BCUT2D eigenvalue weighted by Crippen LogP contribution is -2.44. The summed E-state index contributed by atoms with van der Waals surface area (Å²) in [7, 11) is 1.65. The second-order valence-corrected chi connectivity index (χ2v) is 6.86. The van der Waals surface area contributed by atoms with Gasteiger partial charge in [-0.25, -0.2) is 9.37 Å². The second kappa shape index (κ2) is 9.64. The topological polar surface area (TPSA) is 61.8 Å². The van der Waals surface area contributed by atoms with Crippen LogP contribution in [0.5, 0.6) is 5.75 Å². The lowest BCUT2D eigenvalue weighted by molar-refractivity contribution is -0.153. The average Bonchev–Trinajstić information content (AvgIpc) is 3.18. The Kier molecular flexibility index (Phi) is 6.96.